The monoisotopic (exact) mass is 212 g/mol. The molecule has 3 heteroatoms. The first-order valence-corrected chi connectivity index (χ1v) is 6.25. The molecule has 0 amide bonds. The maximum atomic E-state index is 5.65. The summed E-state index contributed by atoms with van der Waals surface area (Å²) in [6, 6.07) is 0. The Bertz CT molecular complexity index is 200. The van der Waals surface area contributed by atoms with Crippen LogP contribution in [-0.4, -0.2) is 49.3 Å². The zero-order valence-electron chi connectivity index (χ0n) is 10.1. The molecule has 88 valence electrons. The van der Waals surface area contributed by atoms with Crippen molar-refractivity contribution in [2.24, 2.45) is 0 Å². The first-order chi connectivity index (χ1) is 7.16. The van der Waals surface area contributed by atoms with Gasteiger partial charge in [-0.25, -0.2) is 0 Å². The van der Waals surface area contributed by atoms with E-state index >= 15 is 0 Å². The Morgan fingerprint density at radius 1 is 1.47 bits per heavy atom. The Morgan fingerprint density at radius 2 is 2.33 bits per heavy atom. The van der Waals surface area contributed by atoms with Crippen molar-refractivity contribution in [3.8, 4) is 0 Å². The molecule has 2 saturated heterocycles. The number of piperazine rings is 1. The molecule has 15 heavy (non-hydrogen) atoms. The molecule has 1 N–H and O–H groups in total. The third kappa shape index (κ3) is 3.44. The summed E-state index contributed by atoms with van der Waals surface area (Å²) in [5.74, 6) is 0. The lowest BCUT2D eigenvalue weighted by atomic mass is 10.0. The Balaban J connectivity index is 1.69. The van der Waals surface area contributed by atoms with Crippen LogP contribution in [0.2, 0.25) is 0 Å². The van der Waals surface area contributed by atoms with Crippen LogP contribution in [0.25, 0.3) is 0 Å². The summed E-state index contributed by atoms with van der Waals surface area (Å²) < 4.78 is 5.65. The van der Waals surface area contributed by atoms with Gasteiger partial charge in [-0.3, -0.25) is 0 Å². The zero-order valence-corrected chi connectivity index (χ0v) is 10.1. The molecule has 0 bridgehead atoms. The highest BCUT2D eigenvalue weighted by molar-refractivity contribution is 4.86. The van der Waals surface area contributed by atoms with Crippen LogP contribution in [0.3, 0.4) is 0 Å². The molecular weight excluding hydrogens is 188 g/mol. The Kier molecular flexibility index (Phi) is 3.65. The number of ether oxygens (including phenoxy) is 1. The van der Waals surface area contributed by atoms with Crippen LogP contribution in [0, 0.1) is 0 Å². The fourth-order valence-electron chi connectivity index (χ4n) is 2.64. The topological polar surface area (TPSA) is 24.5 Å². The summed E-state index contributed by atoms with van der Waals surface area (Å²) in [6.45, 7) is 10.2. The largest absolute Gasteiger partial charge is 0.378 e. The SMILES string of the molecule is CC1(C)CN(CCC2CCCO2)CCN1. The molecule has 0 aromatic rings. The average molecular weight is 212 g/mol. The molecule has 3 nitrogen and oxygen atoms in total. The number of hydrogen-bond acceptors (Lipinski definition) is 3. The van der Waals surface area contributed by atoms with Gasteiger partial charge in [0.1, 0.15) is 0 Å². The smallest absolute Gasteiger partial charge is 0.0588 e. The molecule has 2 aliphatic rings. The van der Waals surface area contributed by atoms with E-state index in [9.17, 15) is 0 Å². The minimum atomic E-state index is 0.286. The van der Waals surface area contributed by atoms with E-state index in [0.717, 1.165) is 13.2 Å². The van der Waals surface area contributed by atoms with Crippen LogP contribution >= 0.6 is 0 Å². The van der Waals surface area contributed by atoms with Gasteiger partial charge in [-0.15, -0.1) is 0 Å². The van der Waals surface area contributed by atoms with E-state index in [1.807, 2.05) is 0 Å². The Morgan fingerprint density at radius 3 is 3.00 bits per heavy atom. The minimum absolute atomic E-state index is 0.286. The molecule has 2 heterocycles. The molecule has 2 aliphatic heterocycles. The van der Waals surface area contributed by atoms with Gasteiger partial charge in [-0.1, -0.05) is 0 Å². The molecule has 1 atom stereocenters. The lowest BCUT2D eigenvalue weighted by Gasteiger charge is -2.39. The van der Waals surface area contributed by atoms with Gasteiger partial charge in [0.15, 0.2) is 0 Å². The number of rotatable bonds is 3. The fourth-order valence-corrected chi connectivity index (χ4v) is 2.64. The second-order valence-electron chi connectivity index (χ2n) is 5.51. The standard InChI is InChI=1S/C12H24N2O/c1-12(2)10-14(8-6-13-12)7-5-11-4-3-9-15-11/h11,13H,3-10H2,1-2H3. The molecule has 0 aliphatic carbocycles. The van der Waals surface area contributed by atoms with Crippen LogP contribution in [0.4, 0.5) is 0 Å². The molecule has 1 unspecified atom stereocenters. The van der Waals surface area contributed by atoms with E-state index in [2.05, 4.69) is 24.1 Å². The first kappa shape index (κ1) is 11.4. The Hall–Kier alpha value is -0.120. The van der Waals surface area contributed by atoms with Crippen molar-refractivity contribution < 1.29 is 4.74 Å². The van der Waals surface area contributed by atoms with Gasteiger partial charge in [-0.05, 0) is 33.1 Å². The van der Waals surface area contributed by atoms with Crippen LogP contribution in [0.5, 0.6) is 0 Å². The molecule has 0 saturated carbocycles. The van der Waals surface area contributed by atoms with E-state index in [1.54, 1.807) is 0 Å². The van der Waals surface area contributed by atoms with E-state index in [0.29, 0.717) is 6.10 Å². The summed E-state index contributed by atoms with van der Waals surface area (Å²) in [5, 5.41) is 3.54. The number of hydrogen-bond donors (Lipinski definition) is 1. The lowest BCUT2D eigenvalue weighted by Crippen LogP contribution is -2.57. The summed E-state index contributed by atoms with van der Waals surface area (Å²) in [5.41, 5.74) is 0.286. The third-order valence-electron chi connectivity index (χ3n) is 3.44. The highest BCUT2D eigenvalue weighted by atomic mass is 16.5. The third-order valence-corrected chi connectivity index (χ3v) is 3.44. The van der Waals surface area contributed by atoms with E-state index in [1.165, 1.54) is 38.9 Å². The van der Waals surface area contributed by atoms with Gasteiger partial charge in [0.25, 0.3) is 0 Å². The molecule has 0 aromatic carbocycles. The minimum Gasteiger partial charge on any atom is -0.378 e. The predicted molar refractivity (Wildman–Crippen MR) is 62.1 cm³/mol. The molecular formula is C12H24N2O. The summed E-state index contributed by atoms with van der Waals surface area (Å²) >= 11 is 0. The van der Waals surface area contributed by atoms with Gasteiger partial charge in [0.05, 0.1) is 6.10 Å². The molecule has 0 aromatic heterocycles. The molecule has 0 spiro atoms. The van der Waals surface area contributed by atoms with Crippen molar-refractivity contribution in [2.75, 3.05) is 32.8 Å². The number of nitrogens with one attached hydrogen (secondary N) is 1. The summed E-state index contributed by atoms with van der Waals surface area (Å²) in [6.07, 6.45) is 4.30. The molecule has 0 radical (unpaired) electrons. The van der Waals surface area contributed by atoms with Crippen LogP contribution in [-0.2, 0) is 4.74 Å². The highest BCUT2D eigenvalue weighted by Crippen LogP contribution is 2.17. The van der Waals surface area contributed by atoms with E-state index < -0.39 is 0 Å². The summed E-state index contributed by atoms with van der Waals surface area (Å²) in [4.78, 5) is 2.57. The van der Waals surface area contributed by atoms with E-state index in [4.69, 9.17) is 4.74 Å². The normalized spacial score (nSPS) is 32.0. The van der Waals surface area contributed by atoms with Crippen molar-refractivity contribution in [3.05, 3.63) is 0 Å². The average Bonchev–Trinajstić information content (AvgIpc) is 2.65. The van der Waals surface area contributed by atoms with E-state index in [-0.39, 0.29) is 5.54 Å². The van der Waals surface area contributed by atoms with Crippen molar-refractivity contribution in [3.63, 3.8) is 0 Å². The molecule has 2 rings (SSSR count). The second kappa shape index (κ2) is 4.81. The van der Waals surface area contributed by atoms with Crippen molar-refractivity contribution in [1.29, 1.82) is 0 Å². The maximum Gasteiger partial charge on any atom is 0.0588 e. The van der Waals surface area contributed by atoms with Gasteiger partial charge in [0, 0.05) is 38.3 Å². The fraction of sp³-hybridized carbons (Fsp3) is 1.00. The lowest BCUT2D eigenvalue weighted by molar-refractivity contribution is 0.0803. The predicted octanol–water partition coefficient (Wildman–Crippen LogP) is 1.24. The Labute approximate surface area is 93.2 Å². The van der Waals surface area contributed by atoms with Gasteiger partial charge < -0.3 is 15.0 Å². The number of nitrogens with zero attached hydrogens (tertiary/aromatic N) is 1. The van der Waals surface area contributed by atoms with Crippen molar-refractivity contribution >= 4 is 0 Å². The van der Waals surface area contributed by atoms with Gasteiger partial charge in [0.2, 0.25) is 0 Å². The second-order valence-corrected chi connectivity index (χ2v) is 5.51. The van der Waals surface area contributed by atoms with Crippen molar-refractivity contribution in [2.45, 2.75) is 44.8 Å². The summed E-state index contributed by atoms with van der Waals surface area (Å²) in [7, 11) is 0. The van der Waals surface area contributed by atoms with Crippen LogP contribution < -0.4 is 5.32 Å². The van der Waals surface area contributed by atoms with Gasteiger partial charge >= 0.3 is 0 Å². The van der Waals surface area contributed by atoms with Crippen LogP contribution in [0.15, 0.2) is 0 Å². The van der Waals surface area contributed by atoms with Gasteiger partial charge in [-0.2, -0.15) is 0 Å². The maximum absolute atomic E-state index is 5.65. The van der Waals surface area contributed by atoms with Crippen LogP contribution in [0.1, 0.15) is 33.1 Å². The molecule has 2 fully saturated rings. The first-order valence-electron chi connectivity index (χ1n) is 6.25. The zero-order chi connectivity index (χ0) is 10.7. The highest BCUT2D eigenvalue weighted by Gasteiger charge is 2.26. The van der Waals surface area contributed by atoms with Crippen molar-refractivity contribution in [1.82, 2.24) is 10.2 Å². The quantitative estimate of drug-likeness (QED) is 0.762.